The molecule has 0 bridgehead atoms. The molecule has 17 heavy (non-hydrogen) atoms. The zero-order chi connectivity index (χ0) is 13.1. The monoisotopic (exact) mass is 245 g/mol. The van der Waals surface area contributed by atoms with Crippen LogP contribution in [-0.4, -0.2) is 43.3 Å². The van der Waals surface area contributed by atoms with Gasteiger partial charge in [-0.3, -0.25) is 4.79 Å². The Hall–Kier alpha value is -1.30. The molecule has 0 aromatic heterocycles. The summed E-state index contributed by atoms with van der Waals surface area (Å²) in [6.45, 7) is 6.47. The van der Waals surface area contributed by atoms with Gasteiger partial charge in [0.1, 0.15) is 0 Å². The van der Waals surface area contributed by atoms with E-state index in [4.69, 9.17) is 5.11 Å². The smallest absolute Gasteiger partial charge is 0.314 e. The molecule has 4 N–H and O–H groups in total. The summed E-state index contributed by atoms with van der Waals surface area (Å²) in [5.41, 5.74) is 0. The third kappa shape index (κ3) is 9.62. The second kappa shape index (κ2) is 9.89. The molecule has 0 aromatic rings. The standard InChI is InChI=1S/C11H23N3O3/c1-3-12-6-4-7-13-11(17)14-8-5-9(2)10(15)16/h9,12H,3-8H2,1-2H3,(H,15,16)(H2,13,14,17). The van der Waals surface area contributed by atoms with Crippen molar-refractivity contribution in [3.8, 4) is 0 Å². The Balaban J connectivity index is 3.38. The van der Waals surface area contributed by atoms with E-state index in [1.165, 1.54) is 0 Å². The molecule has 1 unspecified atom stereocenters. The maximum Gasteiger partial charge on any atom is 0.314 e. The van der Waals surface area contributed by atoms with Crippen LogP contribution in [0, 0.1) is 5.92 Å². The summed E-state index contributed by atoms with van der Waals surface area (Å²) >= 11 is 0. The number of aliphatic carboxylic acids is 1. The fourth-order valence-corrected chi connectivity index (χ4v) is 1.18. The molecule has 0 radical (unpaired) electrons. The molecule has 0 saturated heterocycles. The highest BCUT2D eigenvalue weighted by Crippen LogP contribution is 1.99. The first-order valence-electron chi connectivity index (χ1n) is 6.03. The predicted molar refractivity (Wildman–Crippen MR) is 66.0 cm³/mol. The predicted octanol–water partition coefficient (Wildman–Crippen LogP) is 0.396. The molecule has 0 aromatic carbocycles. The van der Waals surface area contributed by atoms with Crippen molar-refractivity contribution in [2.24, 2.45) is 5.92 Å². The number of rotatable bonds is 9. The second-order valence-corrected chi connectivity index (χ2v) is 3.92. The van der Waals surface area contributed by atoms with Crippen LogP contribution < -0.4 is 16.0 Å². The van der Waals surface area contributed by atoms with Crippen LogP contribution in [-0.2, 0) is 4.79 Å². The topological polar surface area (TPSA) is 90.5 Å². The zero-order valence-corrected chi connectivity index (χ0v) is 10.6. The van der Waals surface area contributed by atoms with Crippen molar-refractivity contribution in [3.63, 3.8) is 0 Å². The Bertz CT molecular complexity index is 234. The lowest BCUT2D eigenvalue weighted by molar-refractivity contribution is -0.141. The molecule has 0 heterocycles. The minimum absolute atomic E-state index is 0.237. The highest BCUT2D eigenvalue weighted by Gasteiger charge is 2.10. The van der Waals surface area contributed by atoms with E-state index < -0.39 is 11.9 Å². The van der Waals surface area contributed by atoms with Crippen LogP contribution in [0.2, 0.25) is 0 Å². The summed E-state index contributed by atoms with van der Waals surface area (Å²) < 4.78 is 0. The van der Waals surface area contributed by atoms with E-state index in [2.05, 4.69) is 16.0 Å². The summed E-state index contributed by atoms with van der Waals surface area (Å²) in [4.78, 5) is 21.7. The highest BCUT2D eigenvalue weighted by molar-refractivity contribution is 5.74. The van der Waals surface area contributed by atoms with Crippen LogP contribution in [0.5, 0.6) is 0 Å². The second-order valence-electron chi connectivity index (χ2n) is 3.92. The van der Waals surface area contributed by atoms with Gasteiger partial charge in [0, 0.05) is 13.1 Å². The highest BCUT2D eigenvalue weighted by atomic mass is 16.4. The minimum atomic E-state index is -0.835. The van der Waals surface area contributed by atoms with Gasteiger partial charge in [0.05, 0.1) is 5.92 Å². The van der Waals surface area contributed by atoms with E-state index in [0.29, 0.717) is 19.5 Å². The quantitative estimate of drug-likeness (QED) is 0.442. The average molecular weight is 245 g/mol. The van der Waals surface area contributed by atoms with Crippen molar-refractivity contribution in [2.75, 3.05) is 26.2 Å². The summed E-state index contributed by atoms with van der Waals surface area (Å²) in [7, 11) is 0. The maximum absolute atomic E-state index is 11.2. The number of hydrogen-bond acceptors (Lipinski definition) is 3. The number of carbonyl (C=O) groups is 2. The normalized spacial score (nSPS) is 11.9. The first kappa shape index (κ1) is 15.7. The fraction of sp³-hybridized carbons (Fsp3) is 0.818. The molecule has 100 valence electrons. The molecule has 1 atom stereocenters. The number of carbonyl (C=O) groups excluding carboxylic acids is 1. The number of urea groups is 1. The lowest BCUT2D eigenvalue weighted by atomic mass is 10.1. The molecular weight excluding hydrogens is 222 g/mol. The van der Waals surface area contributed by atoms with E-state index in [1.807, 2.05) is 6.92 Å². The van der Waals surface area contributed by atoms with Gasteiger partial charge in [0.25, 0.3) is 0 Å². The van der Waals surface area contributed by atoms with Crippen LogP contribution in [0.15, 0.2) is 0 Å². The summed E-state index contributed by atoms with van der Waals surface area (Å²) in [5.74, 6) is -1.26. The van der Waals surface area contributed by atoms with E-state index in [-0.39, 0.29) is 6.03 Å². The molecule has 0 spiro atoms. The molecule has 0 aliphatic carbocycles. The Morgan fingerprint density at radius 1 is 1.18 bits per heavy atom. The Kier molecular flexibility index (Phi) is 9.14. The van der Waals surface area contributed by atoms with Gasteiger partial charge in [-0.15, -0.1) is 0 Å². The van der Waals surface area contributed by atoms with Crippen molar-refractivity contribution in [2.45, 2.75) is 26.7 Å². The molecule has 6 nitrogen and oxygen atoms in total. The Morgan fingerprint density at radius 3 is 2.41 bits per heavy atom. The zero-order valence-electron chi connectivity index (χ0n) is 10.6. The Labute approximate surface area is 102 Å². The molecule has 2 amide bonds. The molecule has 6 heteroatoms. The van der Waals surface area contributed by atoms with E-state index in [9.17, 15) is 9.59 Å². The number of carboxylic acids is 1. The first-order valence-corrected chi connectivity index (χ1v) is 6.03. The van der Waals surface area contributed by atoms with Crippen molar-refractivity contribution in [3.05, 3.63) is 0 Å². The van der Waals surface area contributed by atoms with Gasteiger partial charge in [-0.25, -0.2) is 4.79 Å². The summed E-state index contributed by atoms with van der Waals surface area (Å²) in [6.07, 6.45) is 1.33. The SMILES string of the molecule is CCNCCCNC(=O)NCCC(C)C(=O)O. The third-order valence-corrected chi connectivity index (χ3v) is 2.35. The van der Waals surface area contributed by atoms with Gasteiger partial charge >= 0.3 is 12.0 Å². The van der Waals surface area contributed by atoms with E-state index in [0.717, 1.165) is 19.5 Å². The van der Waals surface area contributed by atoms with Gasteiger partial charge in [0.15, 0.2) is 0 Å². The molecule has 0 fully saturated rings. The van der Waals surface area contributed by atoms with Crippen molar-refractivity contribution < 1.29 is 14.7 Å². The van der Waals surface area contributed by atoms with Crippen LogP contribution in [0.25, 0.3) is 0 Å². The Morgan fingerprint density at radius 2 is 1.82 bits per heavy atom. The molecule has 0 rings (SSSR count). The first-order chi connectivity index (χ1) is 8.07. The van der Waals surface area contributed by atoms with Crippen LogP contribution >= 0.6 is 0 Å². The number of nitrogens with one attached hydrogen (secondary N) is 3. The van der Waals surface area contributed by atoms with E-state index >= 15 is 0 Å². The van der Waals surface area contributed by atoms with Crippen LogP contribution in [0.4, 0.5) is 4.79 Å². The van der Waals surface area contributed by atoms with Crippen molar-refractivity contribution >= 4 is 12.0 Å². The van der Waals surface area contributed by atoms with Gasteiger partial charge in [-0.2, -0.15) is 0 Å². The van der Waals surface area contributed by atoms with E-state index in [1.54, 1.807) is 6.92 Å². The molecule has 0 saturated carbocycles. The summed E-state index contributed by atoms with van der Waals surface area (Å²) in [6, 6.07) is -0.237. The minimum Gasteiger partial charge on any atom is -0.481 e. The van der Waals surface area contributed by atoms with Gasteiger partial charge in [-0.1, -0.05) is 13.8 Å². The van der Waals surface area contributed by atoms with Crippen LogP contribution in [0.1, 0.15) is 26.7 Å². The van der Waals surface area contributed by atoms with Crippen molar-refractivity contribution in [1.82, 2.24) is 16.0 Å². The van der Waals surface area contributed by atoms with Crippen molar-refractivity contribution in [1.29, 1.82) is 0 Å². The maximum atomic E-state index is 11.2. The lowest BCUT2D eigenvalue weighted by Gasteiger charge is -2.09. The third-order valence-electron chi connectivity index (χ3n) is 2.35. The molecule has 0 aliphatic rings. The lowest BCUT2D eigenvalue weighted by Crippen LogP contribution is -2.38. The fourth-order valence-electron chi connectivity index (χ4n) is 1.18. The number of hydrogen-bond donors (Lipinski definition) is 4. The average Bonchev–Trinajstić information content (AvgIpc) is 2.28. The molecular formula is C11H23N3O3. The van der Waals surface area contributed by atoms with Gasteiger partial charge in [0.2, 0.25) is 0 Å². The van der Waals surface area contributed by atoms with Crippen LogP contribution in [0.3, 0.4) is 0 Å². The van der Waals surface area contributed by atoms with Gasteiger partial charge in [-0.05, 0) is 25.9 Å². The van der Waals surface area contributed by atoms with Gasteiger partial charge < -0.3 is 21.1 Å². The molecule has 0 aliphatic heterocycles. The largest absolute Gasteiger partial charge is 0.481 e. The number of carboxylic acid groups (broad SMARTS) is 1. The number of amides is 2. The summed E-state index contributed by atoms with van der Waals surface area (Å²) in [5, 5.41) is 17.1.